The van der Waals surface area contributed by atoms with Gasteiger partial charge in [0.25, 0.3) is 0 Å². The number of rotatable bonds is 3. The highest BCUT2D eigenvalue weighted by molar-refractivity contribution is 9.10. The second kappa shape index (κ2) is 5.12. The SMILES string of the molecule is CNCc1cc(Br)ccc1-n1cc(Br)cn1. The molecule has 0 amide bonds. The highest BCUT2D eigenvalue weighted by Gasteiger charge is 2.06. The van der Waals surface area contributed by atoms with E-state index in [0.29, 0.717) is 0 Å². The van der Waals surface area contributed by atoms with E-state index in [0.717, 1.165) is 21.2 Å². The van der Waals surface area contributed by atoms with Crippen LogP contribution in [-0.2, 0) is 6.54 Å². The number of hydrogen-bond acceptors (Lipinski definition) is 2. The van der Waals surface area contributed by atoms with Gasteiger partial charge >= 0.3 is 0 Å². The maximum Gasteiger partial charge on any atom is 0.0691 e. The molecule has 2 aromatic rings. The maximum absolute atomic E-state index is 4.29. The van der Waals surface area contributed by atoms with Crippen molar-refractivity contribution < 1.29 is 0 Å². The van der Waals surface area contributed by atoms with Gasteiger partial charge < -0.3 is 5.32 Å². The van der Waals surface area contributed by atoms with Crippen molar-refractivity contribution in [2.24, 2.45) is 0 Å². The van der Waals surface area contributed by atoms with Crippen molar-refractivity contribution in [2.75, 3.05) is 7.05 Å². The number of nitrogens with one attached hydrogen (secondary N) is 1. The van der Waals surface area contributed by atoms with Crippen LogP contribution >= 0.6 is 31.9 Å². The first-order chi connectivity index (χ1) is 7.70. The third kappa shape index (κ3) is 2.53. The Labute approximate surface area is 111 Å². The molecule has 84 valence electrons. The molecule has 0 atom stereocenters. The fourth-order valence-corrected chi connectivity index (χ4v) is 2.24. The molecule has 1 heterocycles. The van der Waals surface area contributed by atoms with E-state index in [9.17, 15) is 0 Å². The van der Waals surface area contributed by atoms with Crippen LogP contribution in [0, 0.1) is 0 Å². The Morgan fingerprint density at radius 2 is 2.12 bits per heavy atom. The molecule has 0 radical (unpaired) electrons. The zero-order valence-electron chi connectivity index (χ0n) is 8.74. The van der Waals surface area contributed by atoms with Crippen molar-refractivity contribution in [3.8, 4) is 5.69 Å². The predicted molar refractivity (Wildman–Crippen MR) is 71.7 cm³/mol. The highest BCUT2D eigenvalue weighted by Crippen LogP contribution is 2.21. The first-order valence-corrected chi connectivity index (χ1v) is 6.43. The summed E-state index contributed by atoms with van der Waals surface area (Å²) in [6, 6.07) is 6.17. The van der Waals surface area contributed by atoms with Crippen LogP contribution in [0.3, 0.4) is 0 Å². The molecule has 0 saturated heterocycles. The van der Waals surface area contributed by atoms with E-state index in [-0.39, 0.29) is 0 Å². The lowest BCUT2D eigenvalue weighted by Crippen LogP contribution is -2.09. The average Bonchev–Trinajstić information content (AvgIpc) is 2.65. The normalized spacial score (nSPS) is 10.7. The first kappa shape index (κ1) is 11.8. The summed E-state index contributed by atoms with van der Waals surface area (Å²) in [6.07, 6.45) is 3.73. The summed E-state index contributed by atoms with van der Waals surface area (Å²) in [5.74, 6) is 0. The van der Waals surface area contributed by atoms with E-state index in [2.05, 4.69) is 54.4 Å². The van der Waals surface area contributed by atoms with Crippen LogP contribution in [0.5, 0.6) is 0 Å². The standard InChI is InChI=1S/C11H11Br2N3/c1-14-5-8-4-9(12)2-3-11(8)16-7-10(13)6-15-16/h2-4,6-7,14H,5H2,1H3. The van der Waals surface area contributed by atoms with Gasteiger partial charge in [-0.25, -0.2) is 4.68 Å². The summed E-state index contributed by atoms with van der Waals surface area (Å²) in [5.41, 5.74) is 2.29. The number of nitrogens with zero attached hydrogens (tertiary/aromatic N) is 2. The lowest BCUT2D eigenvalue weighted by molar-refractivity contribution is 0.788. The van der Waals surface area contributed by atoms with Crippen molar-refractivity contribution >= 4 is 31.9 Å². The molecule has 0 saturated carbocycles. The fraction of sp³-hybridized carbons (Fsp3) is 0.182. The zero-order valence-corrected chi connectivity index (χ0v) is 11.9. The second-order valence-corrected chi connectivity index (χ2v) is 5.24. The lowest BCUT2D eigenvalue weighted by Gasteiger charge is -2.09. The molecule has 0 aliphatic heterocycles. The molecule has 16 heavy (non-hydrogen) atoms. The minimum absolute atomic E-state index is 0.812. The van der Waals surface area contributed by atoms with E-state index < -0.39 is 0 Å². The molecule has 0 spiro atoms. The largest absolute Gasteiger partial charge is 0.316 e. The predicted octanol–water partition coefficient (Wildman–Crippen LogP) is 3.12. The summed E-state index contributed by atoms with van der Waals surface area (Å²) in [7, 11) is 1.93. The van der Waals surface area contributed by atoms with E-state index in [4.69, 9.17) is 0 Å². The molecule has 3 nitrogen and oxygen atoms in total. The monoisotopic (exact) mass is 343 g/mol. The molecule has 1 aromatic heterocycles. The minimum Gasteiger partial charge on any atom is -0.316 e. The molecule has 0 unspecified atom stereocenters. The first-order valence-electron chi connectivity index (χ1n) is 4.84. The molecule has 2 rings (SSSR count). The van der Waals surface area contributed by atoms with Crippen LogP contribution in [0.25, 0.3) is 5.69 Å². The Balaban J connectivity index is 2.47. The van der Waals surface area contributed by atoms with Gasteiger partial charge in [-0.15, -0.1) is 0 Å². The molecule has 0 aliphatic rings. The van der Waals surface area contributed by atoms with E-state index in [1.165, 1.54) is 5.56 Å². The van der Waals surface area contributed by atoms with Crippen LogP contribution in [-0.4, -0.2) is 16.8 Å². The van der Waals surface area contributed by atoms with Crippen molar-refractivity contribution in [3.05, 3.63) is 45.1 Å². The van der Waals surface area contributed by atoms with Gasteiger partial charge in [-0.3, -0.25) is 0 Å². The number of aromatic nitrogens is 2. The van der Waals surface area contributed by atoms with Gasteiger partial charge in [0.2, 0.25) is 0 Å². The molecule has 0 bridgehead atoms. The molecule has 1 N–H and O–H groups in total. The second-order valence-electron chi connectivity index (χ2n) is 3.41. The Kier molecular flexibility index (Phi) is 3.78. The molecule has 1 aromatic carbocycles. The van der Waals surface area contributed by atoms with Gasteiger partial charge in [0, 0.05) is 17.2 Å². The topological polar surface area (TPSA) is 29.9 Å². The van der Waals surface area contributed by atoms with Crippen LogP contribution in [0.1, 0.15) is 5.56 Å². The van der Waals surface area contributed by atoms with Crippen LogP contribution < -0.4 is 5.32 Å². The average molecular weight is 345 g/mol. The van der Waals surface area contributed by atoms with Gasteiger partial charge in [-0.1, -0.05) is 15.9 Å². The van der Waals surface area contributed by atoms with Crippen LogP contribution in [0.2, 0.25) is 0 Å². The Bertz CT molecular complexity index is 494. The van der Waals surface area contributed by atoms with E-state index >= 15 is 0 Å². The van der Waals surface area contributed by atoms with Gasteiger partial charge in [0.05, 0.1) is 16.4 Å². The molecular formula is C11H11Br2N3. The quantitative estimate of drug-likeness (QED) is 0.927. The third-order valence-electron chi connectivity index (χ3n) is 2.21. The molecule has 0 aliphatic carbocycles. The minimum atomic E-state index is 0.812. The van der Waals surface area contributed by atoms with Crippen molar-refractivity contribution in [2.45, 2.75) is 6.54 Å². The van der Waals surface area contributed by atoms with Gasteiger partial charge in [0.1, 0.15) is 0 Å². The smallest absolute Gasteiger partial charge is 0.0691 e. The molecule has 0 fully saturated rings. The molecule has 5 heteroatoms. The zero-order chi connectivity index (χ0) is 11.5. The lowest BCUT2D eigenvalue weighted by atomic mass is 10.2. The third-order valence-corrected chi connectivity index (χ3v) is 3.11. The van der Waals surface area contributed by atoms with Crippen molar-refractivity contribution in [3.63, 3.8) is 0 Å². The molecular weight excluding hydrogens is 334 g/mol. The summed E-state index contributed by atoms with van der Waals surface area (Å²) >= 11 is 6.88. The van der Waals surface area contributed by atoms with Crippen molar-refractivity contribution in [1.82, 2.24) is 15.1 Å². The fourth-order valence-electron chi connectivity index (χ4n) is 1.54. The Hall–Kier alpha value is -0.650. The Morgan fingerprint density at radius 1 is 1.31 bits per heavy atom. The van der Waals surface area contributed by atoms with E-state index in [1.807, 2.05) is 24.0 Å². The van der Waals surface area contributed by atoms with Gasteiger partial charge in [0.15, 0.2) is 0 Å². The number of hydrogen-bond donors (Lipinski definition) is 1. The number of benzene rings is 1. The van der Waals surface area contributed by atoms with Crippen LogP contribution in [0.4, 0.5) is 0 Å². The Morgan fingerprint density at radius 3 is 2.75 bits per heavy atom. The van der Waals surface area contributed by atoms with Crippen LogP contribution in [0.15, 0.2) is 39.5 Å². The summed E-state index contributed by atoms with van der Waals surface area (Å²) < 4.78 is 3.92. The van der Waals surface area contributed by atoms with Gasteiger partial charge in [-0.05, 0) is 46.7 Å². The highest BCUT2D eigenvalue weighted by atomic mass is 79.9. The maximum atomic E-state index is 4.29. The van der Waals surface area contributed by atoms with Gasteiger partial charge in [-0.2, -0.15) is 5.10 Å². The summed E-state index contributed by atoms with van der Waals surface area (Å²) in [6.45, 7) is 0.812. The summed E-state index contributed by atoms with van der Waals surface area (Å²) in [5, 5.41) is 7.44. The summed E-state index contributed by atoms with van der Waals surface area (Å²) in [4.78, 5) is 0. The number of halogens is 2. The van der Waals surface area contributed by atoms with E-state index in [1.54, 1.807) is 6.20 Å². The van der Waals surface area contributed by atoms with Crippen molar-refractivity contribution in [1.29, 1.82) is 0 Å².